The van der Waals surface area contributed by atoms with Crippen molar-refractivity contribution in [1.29, 1.82) is 0 Å². The number of halogens is 1. The number of nitrogens with zero attached hydrogens (tertiary/aromatic N) is 1. The number of carbonyl (C=O) groups excluding carboxylic acids is 1. The van der Waals surface area contributed by atoms with Crippen LogP contribution in [0, 0.1) is 0 Å². The zero-order chi connectivity index (χ0) is 17.6. The van der Waals surface area contributed by atoms with Crippen LogP contribution in [0.4, 0.5) is 11.4 Å². The van der Waals surface area contributed by atoms with Crippen LogP contribution in [-0.2, 0) is 9.53 Å². The third-order valence-corrected chi connectivity index (χ3v) is 4.54. The minimum atomic E-state index is -0.598. The lowest BCUT2D eigenvalue weighted by molar-refractivity contribution is -0.122. The van der Waals surface area contributed by atoms with Crippen molar-refractivity contribution in [3.8, 4) is 5.75 Å². The lowest BCUT2D eigenvalue weighted by Gasteiger charge is -2.30. The molecule has 2 aromatic rings. The molecule has 1 saturated heterocycles. The van der Waals surface area contributed by atoms with Crippen LogP contribution in [0.2, 0.25) is 0 Å². The van der Waals surface area contributed by atoms with Crippen LogP contribution < -0.4 is 15.0 Å². The average Bonchev–Trinajstić information content (AvgIpc) is 2.64. The standard InChI is InChI=1S/C19H21BrN2O3/c1-14(25-16-8-6-15(20)7-9-16)19(23)21-17-4-2-3-5-18(17)22-10-12-24-13-11-22/h2-9,14H,10-13H2,1H3,(H,21,23)/t14-/m1/s1. The summed E-state index contributed by atoms with van der Waals surface area (Å²) >= 11 is 3.38. The van der Waals surface area contributed by atoms with E-state index >= 15 is 0 Å². The molecule has 132 valence electrons. The van der Waals surface area contributed by atoms with Gasteiger partial charge in [0.25, 0.3) is 5.91 Å². The van der Waals surface area contributed by atoms with E-state index in [9.17, 15) is 4.79 Å². The Morgan fingerprint density at radius 1 is 1.16 bits per heavy atom. The summed E-state index contributed by atoms with van der Waals surface area (Å²) < 4.78 is 12.1. The van der Waals surface area contributed by atoms with E-state index in [1.807, 2.05) is 48.5 Å². The van der Waals surface area contributed by atoms with Crippen molar-refractivity contribution in [1.82, 2.24) is 0 Å². The van der Waals surface area contributed by atoms with Crippen molar-refractivity contribution in [3.05, 3.63) is 53.0 Å². The summed E-state index contributed by atoms with van der Waals surface area (Å²) in [6.07, 6.45) is -0.598. The van der Waals surface area contributed by atoms with E-state index in [4.69, 9.17) is 9.47 Å². The summed E-state index contributed by atoms with van der Waals surface area (Å²) in [6.45, 7) is 4.78. The second-order valence-electron chi connectivity index (χ2n) is 5.82. The van der Waals surface area contributed by atoms with E-state index in [1.165, 1.54) is 0 Å². The van der Waals surface area contributed by atoms with Crippen LogP contribution >= 0.6 is 15.9 Å². The van der Waals surface area contributed by atoms with Gasteiger partial charge in [0, 0.05) is 17.6 Å². The number of rotatable bonds is 5. The number of carbonyl (C=O) groups is 1. The lowest BCUT2D eigenvalue weighted by atomic mass is 10.2. The third-order valence-electron chi connectivity index (χ3n) is 4.01. The van der Waals surface area contributed by atoms with Crippen molar-refractivity contribution in [3.63, 3.8) is 0 Å². The molecule has 0 radical (unpaired) electrons. The van der Waals surface area contributed by atoms with Gasteiger partial charge in [0.15, 0.2) is 6.10 Å². The zero-order valence-electron chi connectivity index (χ0n) is 14.1. The fourth-order valence-electron chi connectivity index (χ4n) is 2.66. The number of hydrogen-bond acceptors (Lipinski definition) is 4. The number of hydrogen-bond donors (Lipinski definition) is 1. The molecule has 0 spiro atoms. The Balaban J connectivity index is 1.66. The van der Waals surface area contributed by atoms with Crippen molar-refractivity contribution in [2.24, 2.45) is 0 Å². The minimum Gasteiger partial charge on any atom is -0.481 e. The maximum Gasteiger partial charge on any atom is 0.265 e. The van der Waals surface area contributed by atoms with Gasteiger partial charge in [-0.25, -0.2) is 0 Å². The summed E-state index contributed by atoms with van der Waals surface area (Å²) in [4.78, 5) is 14.8. The molecule has 3 rings (SSSR count). The summed E-state index contributed by atoms with van der Waals surface area (Å²) in [6, 6.07) is 15.2. The third kappa shape index (κ3) is 4.74. The van der Waals surface area contributed by atoms with E-state index < -0.39 is 6.10 Å². The fourth-order valence-corrected chi connectivity index (χ4v) is 2.93. The Morgan fingerprint density at radius 3 is 2.56 bits per heavy atom. The molecule has 1 amide bonds. The second kappa shape index (κ2) is 8.36. The highest BCUT2D eigenvalue weighted by molar-refractivity contribution is 9.10. The summed E-state index contributed by atoms with van der Waals surface area (Å²) in [5, 5.41) is 2.98. The number of morpholine rings is 1. The number of amides is 1. The summed E-state index contributed by atoms with van der Waals surface area (Å²) in [5.41, 5.74) is 1.80. The molecule has 1 fully saturated rings. The number of benzene rings is 2. The molecule has 0 unspecified atom stereocenters. The van der Waals surface area contributed by atoms with E-state index in [0.29, 0.717) is 19.0 Å². The Hall–Kier alpha value is -2.05. The zero-order valence-corrected chi connectivity index (χ0v) is 15.7. The first-order chi connectivity index (χ1) is 12.1. The van der Waals surface area contributed by atoms with Gasteiger partial charge in [-0.3, -0.25) is 4.79 Å². The first-order valence-corrected chi connectivity index (χ1v) is 9.07. The largest absolute Gasteiger partial charge is 0.481 e. The predicted molar refractivity (Wildman–Crippen MR) is 102 cm³/mol. The Bertz CT molecular complexity index is 715. The molecule has 1 heterocycles. The summed E-state index contributed by atoms with van der Waals surface area (Å²) in [7, 11) is 0. The predicted octanol–water partition coefficient (Wildman–Crippen LogP) is 3.69. The van der Waals surface area contributed by atoms with Crippen LogP contribution in [0.5, 0.6) is 5.75 Å². The fraction of sp³-hybridized carbons (Fsp3) is 0.316. The molecule has 0 aliphatic carbocycles. The molecular formula is C19H21BrN2O3. The van der Waals surface area contributed by atoms with Crippen molar-refractivity contribution < 1.29 is 14.3 Å². The molecule has 6 heteroatoms. The Labute approximate surface area is 156 Å². The van der Waals surface area contributed by atoms with E-state index in [1.54, 1.807) is 6.92 Å². The van der Waals surface area contributed by atoms with Crippen LogP contribution in [0.15, 0.2) is 53.0 Å². The molecular weight excluding hydrogens is 384 g/mol. The second-order valence-corrected chi connectivity index (χ2v) is 6.74. The molecule has 5 nitrogen and oxygen atoms in total. The van der Waals surface area contributed by atoms with Crippen molar-refractivity contribution in [2.45, 2.75) is 13.0 Å². The molecule has 0 bridgehead atoms. The van der Waals surface area contributed by atoms with E-state index in [-0.39, 0.29) is 5.91 Å². The number of ether oxygens (including phenoxy) is 2. The van der Waals surface area contributed by atoms with Crippen molar-refractivity contribution >= 4 is 33.2 Å². The molecule has 1 aliphatic heterocycles. The molecule has 25 heavy (non-hydrogen) atoms. The SMILES string of the molecule is C[C@@H](Oc1ccc(Br)cc1)C(=O)Nc1ccccc1N1CCOCC1. The first-order valence-electron chi connectivity index (χ1n) is 8.28. The molecule has 2 aromatic carbocycles. The van der Waals surface area contributed by atoms with Crippen molar-refractivity contribution in [2.75, 3.05) is 36.5 Å². The first kappa shape index (κ1) is 17.8. The molecule has 1 aliphatic rings. The summed E-state index contributed by atoms with van der Waals surface area (Å²) in [5.74, 6) is 0.482. The Morgan fingerprint density at radius 2 is 1.84 bits per heavy atom. The van der Waals surface area contributed by atoms with Gasteiger partial charge in [-0.05, 0) is 43.3 Å². The molecule has 0 saturated carbocycles. The minimum absolute atomic E-state index is 0.177. The van der Waals surface area contributed by atoms with Crippen LogP contribution in [-0.4, -0.2) is 38.3 Å². The molecule has 1 N–H and O–H groups in total. The highest BCUT2D eigenvalue weighted by atomic mass is 79.9. The van der Waals surface area contributed by atoms with Crippen LogP contribution in [0.1, 0.15) is 6.92 Å². The number of anilines is 2. The lowest BCUT2D eigenvalue weighted by Crippen LogP contribution is -2.37. The van der Waals surface area contributed by atoms with Gasteiger partial charge in [-0.1, -0.05) is 28.1 Å². The maximum absolute atomic E-state index is 12.5. The van der Waals surface area contributed by atoms with E-state index in [2.05, 4.69) is 26.1 Å². The highest BCUT2D eigenvalue weighted by Crippen LogP contribution is 2.26. The van der Waals surface area contributed by atoms with Crippen LogP contribution in [0.3, 0.4) is 0 Å². The smallest absolute Gasteiger partial charge is 0.265 e. The quantitative estimate of drug-likeness (QED) is 0.825. The Kier molecular flexibility index (Phi) is 5.94. The molecule has 1 atom stereocenters. The highest BCUT2D eigenvalue weighted by Gasteiger charge is 2.19. The number of para-hydroxylation sites is 2. The van der Waals surface area contributed by atoms with Gasteiger partial charge in [-0.2, -0.15) is 0 Å². The van der Waals surface area contributed by atoms with Gasteiger partial charge in [0.1, 0.15) is 5.75 Å². The maximum atomic E-state index is 12.5. The topological polar surface area (TPSA) is 50.8 Å². The van der Waals surface area contributed by atoms with Gasteiger partial charge in [-0.15, -0.1) is 0 Å². The van der Waals surface area contributed by atoms with Gasteiger partial charge in [0.05, 0.1) is 24.6 Å². The van der Waals surface area contributed by atoms with Gasteiger partial charge >= 0.3 is 0 Å². The van der Waals surface area contributed by atoms with E-state index in [0.717, 1.165) is 28.9 Å². The molecule has 0 aromatic heterocycles. The van der Waals surface area contributed by atoms with Crippen LogP contribution in [0.25, 0.3) is 0 Å². The normalized spacial score (nSPS) is 15.5. The average molecular weight is 405 g/mol. The monoisotopic (exact) mass is 404 g/mol. The van der Waals surface area contributed by atoms with Gasteiger partial charge < -0.3 is 19.7 Å². The van der Waals surface area contributed by atoms with Gasteiger partial charge in [0.2, 0.25) is 0 Å². The number of nitrogens with one attached hydrogen (secondary N) is 1.